The van der Waals surface area contributed by atoms with Crippen molar-refractivity contribution in [2.24, 2.45) is 5.16 Å². The molecule has 0 saturated carbocycles. The Bertz CT molecular complexity index is 1140. The van der Waals surface area contributed by atoms with Crippen LogP contribution in [-0.4, -0.2) is 32.5 Å². The first-order valence-corrected chi connectivity index (χ1v) is 10.6. The van der Waals surface area contributed by atoms with Gasteiger partial charge in [-0.3, -0.25) is 0 Å². The third kappa shape index (κ3) is 8.58. The second-order valence-corrected chi connectivity index (χ2v) is 7.27. The first-order valence-electron chi connectivity index (χ1n) is 10.6. The smallest absolute Gasteiger partial charge is 0.550 e. The summed E-state index contributed by atoms with van der Waals surface area (Å²) in [6.07, 6.45) is -0.177. The van der Waals surface area contributed by atoms with E-state index in [9.17, 15) is 14.3 Å². The van der Waals surface area contributed by atoms with E-state index in [0.717, 1.165) is 11.1 Å². The summed E-state index contributed by atoms with van der Waals surface area (Å²) in [5.41, 5.74) is 2.60. The average molecular weight is 489 g/mol. The molecular formula is C26H25FNNaO6. The molecule has 0 N–H and O–H groups in total. The van der Waals surface area contributed by atoms with Crippen molar-refractivity contribution >= 4 is 11.7 Å². The molecule has 35 heavy (non-hydrogen) atoms. The third-order valence-corrected chi connectivity index (χ3v) is 4.93. The van der Waals surface area contributed by atoms with Crippen molar-refractivity contribution in [1.29, 1.82) is 0 Å². The Labute approximate surface area is 225 Å². The van der Waals surface area contributed by atoms with Gasteiger partial charge in [-0.25, -0.2) is 4.39 Å². The number of nitrogens with zero attached hydrogens (tertiary/aromatic N) is 1. The number of carbonyl (C=O) groups excluding carboxylic acids is 1. The summed E-state index contributed by atoms with van der Waals surface area (Å²) < 4.78 is 31.2. The van der Waals surface area contributed by atoms with Crippen LogP contribution in [0.4, 0.5) is 4.39 Å². The number of carbonyl (C=O) groups is 1. The maximum absolute atomic E-state index is 14.2. The number of carboxylic acid groups (broad SMARTS) is 1. The summed E-state index contributed by atoms with van der Waals surface area (Å²) in [6, 6.07) is 19.3. The fourth-order valence-corrected chi connectivity index (χ4v) is 3.19. The van der Waals surface area contributed by atoms with E-state index in [2.05, 4.69) is 5.16 Å². The molecule has 0 amide bonds. The minimum absolute atomic E-state index is 0. The number of hydrogen-bond acceptors (Lipinski definition) is 7. The Kier molecular flexibility index (Phi) is 11.6. The predicted octanol–water partition coefficient (Wildman–Crippen LogP) is 0.529. The van der Waals surface area contributed by atoms with E-state index in [1.807, 2.05) is 36.4 Å². The van der Waals surface area contributed by atoms with E-state index in [0.29, 0.717) is 28.5 Å². The average Bonchev–Trinajstić information content (AvgIpc) is 2.85. The molecule has 3 rings (SSSR count). The number of halogens is 1. The normalized spacial score (nSPS) is 10.8. The second kappa shape index (κ2) is 14.4. The number of carboxylic acids is 1. The van der Waals surface area contributed by atoms with Crippen LogP contribution >= 0.6 is 0 Å². The van der Waals surface area contributed by atoms with Gasteiger partial charge >= 0.3 is 29.6 Å². The number of aliphatic carboxylic acids is 1. The Hall–Kier alpha value is -3.07. The van der Waals surface area contributed by atoms with Crippen LogP contribution < -0.4 is 48.9 Å². The van der Waals surface area contributed by atoms with Crippen molar-refractivity contribution in [3.05, 3.63) is 89.2 Å². The van der Waals surface area contributed by atoms with Gasteiger partial charge in [0.2, 0.25) is 0 Å². The van der Waals surface area contributed by atoms with Crippen LogP contribution in [0, 0.1) is 5.82 Å². The molecule has 0 aliphatic rings. The van der Waals surface area contributed by atoms with E-state index in [1.165, 1.54) is 26.4 Å². The molecule has 3 aromatic rings. The van der Waals surface area contributed by atoms with Crippen LogP contribution in [0.3, 0.4) is 0 Å². The molecule has 0 radical (unpaired) electrons. The molecule has 0 aliphatic carbocycles. The second-order valence-electron chi connectivity index (χ2n) is 7.27. The molecule has 7 nitrogen and oxygen atoms in total. The third-order valence-electron chi connectivity index (χ3n) is 4.93. The molecule has 0 aromatic heterocycles. The zero-order valence-electron chi connectivity index (χ0n) is 20.0. The predicted molar refractivity (Wildman–Crippen MR) is 123 cm³/mol. The zero-order chi connectivity index (χ0) is 24.3. The molecule has 0 saturated heterocycles. The summed E-state index contributed by atoms with van der Waals surface area (Å²) in [6.45, 7) is 0.350. The minimum Gasteiger partial charge on any atom is -0.550 e. The van der Waals surface area contributed by atoms with Crippen molar-refractivity contribution in [1.82, 2.24) is 0 Å². The maximum Gasteiger partial charge on any atom is 1.00 e. The molecule has 0 fully saturated rings. The van der Waals surface area contributed by atoms with Gasteiger partial charge in [0.15, 0.2) is 11.5 Å². The SMILES string of the molecule is CO/N=C(\COc1ccc(COc2ccc(CCC(=O)[O-])c(F)c2)cc1OC)c1ccccc1.[Na+]. The molecule has 178 valence electrons. The van der Waals surface area contributed by atoms with Gasteiger partial charge < -0.3 is 28.9 Å². The molecule has 0 atom stereocenters. The van der Waals surface area contributed by atoms with Crippen molar-refractivity contribution in [3.63, 3.8) is 0 Å². The van der Waals surface area contributed by atoms with Crippen LogP contribution in [-0.2, 0) is 22.7 Å². The number of rotatable bonds is 12. The van der Waals surface area contributed by atoms with Crippen LogP contribution in [0.5, 0.6) is 17.2 Å². The van der Waals surface area contributed by atoms with Crippen LogP contribution in [0.2, 0.25) is 0 Å². The summed E-state index contributed by atoms with van der Waals surface area (Å²) in [7, 11) is 3.01. The number of aryl methyl sites for hydroxylation is 1. The van der Waals surface area contributed by atoms with Gasteiger partial charge in [-0.05, 0) is 42.2 Å². The molecule has 0 spiro atoms. The molecule has 0 bridgehead atoms. The first kappa shape index (κ1) is 28.2. The fraction of sp³-hybridized carbons (Fsp3) is 0.231. The number of oxime groups is 1. The topological polar surface area (TPSA) is 89.4 Å². The Morgan fingerprint density at radius 3 is 2.40 bits per heavy atom. The molecular weight excluding hydrogens is 464 g/mol. The Morgan fingerprint density at radius 1 is 0.971 bits per heavy atom. The van der Waals surface area contributed by atoms with Gasteiger partial charge in [0.1, 0.15) is 37.6 Å². The van der Waals surface area contributed by atoms with Gasteiger partial charge in [-0.2, -0.15) is 0 Å². The largest absolute Gasteiger partial charge is 1.00 e. The minimum atomic E-state index is -1.22. The van der Waals surface area contributed by atoms with Crippen LogP contribution in [0.25, 0.3) is 0 Å². The number of benzene rings is 3. The van der Waals surface area contributed by atoms with E-state index < -0.39 is 11.8 Å². The van der Waals surface area contributed by atoms with Gasteiger partial charge in [-0.1, -0.05) is 47.6 Å². The van der Waals surface area contributed by atoms with Crippen LogP contribution in [0.1, 0.15) is 23.1 Å². The number of methoxy groups -OCH3 is 1. The van der Waals surface area contributed by atoms with E-state index in [1.54, 1.807) is 18.2 Å². The van der Waals surface area contributed by atoms with Gasteiger partial charge in [0.25, 0.3) is 0 Å². The van der Waals surface area contributed by atoms with Crippen molar-refractivity contribution in [2.75, 3.05) is 20.8 Å². The Morgan fingerprint density at radius 2 is 1.74 bits per heavy atom. The van der Waals surface area contributed by atoms with Gasteiger partial charge in [0, 0.05) is 17.6 Å². The quantitative estimate of drug-likeness (QED) is 0.210. The zero-order valence-corrected chi connectivity index (χ0v) is 22.0. The summed E-state index contributed by atoms with van der Waals surface area (Å²) >= 11 is 0. The van der Waals surface area contributed by atoms with Crippen molar-refractivity contribution in [2.45, 2.75) is 19.4 Å². The number of ether oxygens (including phenoxy) is 3. The number of hydrogen-bond donors (Lipinski definition) is 0. The molecule has 0 aliphatic heterocycles. The monoisotopic (exact) mass is 489 g/mol. The molecule has 0 heterocycles. The summed E-state index contributed by atoms with van der Waals surface area (Å²) in [4.78, 5) is 15.5. The summed E-state index contributed by atoms with van der Waals surface area (Å²) in [5.74, 6) is -0.378. The first-order chi connectivity index (χ1) is 16.5. The maximum atomic E-state index is 14.2. The van der Waals surface area contributed by atoms with E-state index in [-0.39, 0.29) is 55.6 Å². The van der Waals surface area contributed by atoms with Crippen molar-refractivity contribution in [3.8, 4) is 17.2 Å². The van der Waals surface area contributed by atoms with E-state index in [4.69, 9.17) is 19.0 Å². The molecule has 3 aromatic carbocycles. The van der Waals surface area contributed by atoms with Gasteiger partial charge in [0.05, 0.1) is 7.11 Å². The standard InChI is InChI=1S/C26H26FNO6.Na/c1-31-25-14-18(16-33-21-11-9-19(22(27)15-21)10-13-26(29)30)8-12-24(25)34-17-23(28-32-2)20-6-4-3-5-7-20;/h3-9,11-12,14-15H,10,13,16-17H2,1-2H3,(H,29,30);/q;+1/p-1/b28-23+;. The van der Waals surface area contributed by atoms with Crippen LogP contribution in [0.15, 0.2) is 71.9 Å². The van der Waals surface area contributed by atoms with Crippen molar-refractivity contribution < 1.29 is 62.9 Å². The Balaban J connectivity index is 0.00000432. The fourth-order valence-electron chi connectivity index (χ4n) is 3.19. The molecule has 9 heteroatoms. The van der Waals surface area contributed by atoms with E-state index >= 15 is 0 Å². The van der Waals surface area contributed by atoms with Gasteiger partial charge in [-0.15, -0.1) is 0 Å². The molecule has 0 unspecified atom stereocenters. The summed E-state index contributed by atoms with van der Waals surface area (Å²) in [5, 5.41) is 14.6.